The van der Waals surface area contributed by atoms with Crippen molar-refractivity contribution in [2.45, 2.75) is 56.5 Å². The maximum atomic E-state index is 10.8. The summed E-state index contributed by atoms with van der Waals surface area (Å²) >= 11 is 0. The molecular weight excluding hydrogens is 460 g/mol. The Morgan fingerprint density at radius 2 is 1.20 bits per heavy atom. The van der Waals surface area contributed by atoms with Crippen molar-refractivity contribution in [2.75, 3.05) is 6.61 Å². The van der Waals surface area contributed by atoms with E-state index in [0.717, 1.165) is 10.4 Å². The summed E-state index contributed by atoms with van der Waals surface area (Å²) < 4.78 is 18.6. The Hall–Kier alpha value is -2.52. The summed E-state index contributed by atoms with van der Waals surface area (Å²) in [4.78, 5) is 0. The molecule has 6 nitrogen and oxygen atoms in total. The van der Waals surface area contributed by atoms with E-state index in [1.54, 1.807) is 24.3 Å². The van der Waals surface area contributed by atoms with Gasteiger partial charge in [0.1, 0.15) is 30.2 Å². The van der Waals surface area contributed by atoms with Gasteiger partial charge in [-0.15, -0.1) is 0 Å². The average Bonchev–Trinajstić information content (AvgIpc) is 2.86. The predicted octanol–water partition coefficient (Wildman–Crippen LogP) is 2.45. The van der Waals surface area contributed by atoms with Crippen LogP contribution in [0.4, 0.5) is 0 Å². The van der Waals surface area contributed by atoms with Crippen LogP contribution in [0, 0.1) is 0 Å². The van der Waals surface area contributed by atoms with Crippen LogP contribution in [0.25, 0.3) is 0 Å². The minimum atomic E-state index is -2.87. The molecule has 186 valence electrons. The normalized spacial score (nSPS) is 25.3. The first kappa shape index (κ1) is 25.6. The Bertz CT molecular complexity index is 1020. The zero-order valence-corrected chi connectivity index (χ0v) is 21.3. The molecule has 0 bridgehead atoms. The van der Waals surface area contributed by atoms with Gasteiger partial charge >= 0.3 is 0 Å². The quantitative estimate of drug-likeness (QED) is 0.438. The predicted molar refractivity (Wildman–Crippen MR) is 137 cm³/mol. The molecule has 0 radical (unpaired) electrons. The molecule has 0 saturated carbocycles. The highest BCUT2D eigenvalue weighted by molar-refractivity contribution is 6.99. The molecule has 0 amide bonds. The lowest BCUT2D eigenvalue weighted by molar-refractivity contribution is -0.276. The van der Waals surface area contributed by atoms with Gasteiger partial charge in [-0.05, 0) is 27.5 Å². The van der Waals surface area contributed by atoms with E-state index in [1.165, 1.54) is 0 Å². The van der Waals surface area contributed by atoms with Crippen LogP contribution in [0.15, 0.2) is 91.0 Å². The molecule has 3 N–H and O–H groups in total. The summed E-state index contributed by atoms with van der Waals surface area (Å²) in [7, 11) is -2.87. The van der Waals surface area contributed by atoms with Crippen LogP contribution >= 0.6 is 0 Å². The summed E-state index contributed by atoms with van der Waals surface area (Å²) in [6.45, 7) is 6.51. The Kier molecular flexibility index (Phi) is 7.76. The topological polar surface area (TPSA) is 88.4 Å². The van der Waals surface area contributed by atoms with E-state index >= 15 is 0 Å². The number of para-hydroxylation sites is 1. The fourth-order valence-electron chi connectivity index (χ4n) is 4.75. The number of hydrogen-bond donors (Lipinski definition) is 3. The molecule has 0 spiro atoms. The van der Waals surface area contributed by atoms with Crippen molar-refractivity contribution in [1.82, 2.24) is 0 Å². The zero-order chi connectivity index (χ0) is 25.1. The molecule has 3 aromatic carbocycles. The van der Waals surface area contributed by atoms with Crippen molar-refractivity contribution in [1.29, 1.82) is 0 Å². The molecule has 1 saturated heterocycles. The van der Waals surface area contributed by atoms with E-state index in [9.17, 15) is 15.3 Å². The number of benzene rings is 3. The molecule has 1 fully saturated rings. The summed E-state index contributed by atoms with van der Waals surface area (Å²) in [5.41, 5.74) is 0. The third-order valence-corrected chi connectivity index (χ3v) is 11.5. The summed E-state index contributed by atoms with van der Waals surface area (Å²) in [6.07, 6.45) is -6.23. The number of hydrogen-bond acceptors (Lipinski definition) is 6. The molecular formula is C28H34O6Si. The Morgan fingerprint density at radius 1 is 0.714 bits per heavy atom. The van der Waals surface area contributed by atoms with E-state index < -0.39 is 39.0 Å². The highest BCUT2D eigenvalue weighted by Crippen LogP contribution is 2.37. The maximum Gasteiger partial charge on any atom is 0.261 e. The average molecular weight is 495 g/mol. The molecule has 1 heterocycles. The van der Waals surface area contributed by atoms with Gasteiger partial charge in [0.05, 0.1) is 6.61 Å². The van der Waals surface area contributed by atoms with Crippen LogP contribution < -0.4 is 15.1 Å². The van der Waals surface area contributed by atoms with Gasteiger partial charge in [-0.1, -0.05) is 99.6 Å². The second-order valence-electron chi connectivity index (χ2n) is 9.92. The van der Waals surface area contributed by atoms with Crippen molar-refractivity contribution < 1.29 is 29.2 Å². The molecule has 35 heavy (non-hydrogen) atoms. The Morgan fingerprint density at radius 3 is 1.69 bits per heavy atom. The smallest absolute Gasteiger partial charge is 0.261 e. The van der Waals surface area contributed by atoms with Crippen LogP contribution in [-0.2, 0) is 9.16 Å². The van der Waals surface area contributed by atoms with Crippen molar-refractivity contribution in [3.8, 4) is 5.75 Å². The van der Waals surface area contributed by atoms with Crippen molar-refractivity contribution in [2.24, 2.45) is 0 Å². The lowest BCUT2D eigenvalue weighted by atomic mass is 9.99. The minimum absolute atomic E-state index is 0.0207. The minimum Gasteiger partial charge on any atom is -0.462 e. The van der Waals surface area contributed by atoms with E-state index in [1.807, 2.05) is 42.5 Å². The lowest BCUT2D eigenvalue weighted by Crippen LogP contribution is -2.68. The maximum absolute atomic E-state index is 10.8. The van der Waals surface area contributed by atoms with Gasteiger partial charge in [0.25, 0.3) is 8.32 Å². The molecule has 1 aliphatic heterocycles. The molecule has 0 aliphatic carbocycles. The summed E-state index contributed by atoms with van der Waals surface area (Å²) in [5.74, 6) is 0.492. The zero-order valence-electron chi connectivity index (χ0n) is 20.3. The SMILES string of the molecule is CC(C)(C)[Si](OC[C@H]1O[C@H](Oc2ccccc2)[C@H](O)[C@@H](O)[C@H]1O)(c1ccccc1)c1ccccc1. The van der Waals surface area contributed by atoms with Crippen LogP contribution in [0.2, 0.25) is 5.04 Å². The van der Waals surface area contributed by atoms with E-state index in [-0.39, 0.29) is 11.6 Å². The van der Waals surface area contributed by atoms with Gasteiger partial charge in [-0.3, -0.25) is 0 Å². The second-order valence-corrected chi connectivity index (χ2v) is 14.2. The fourth-order valence-corrected chi connectivity index (χ4v) is 9.32. The Balaban J connectivity index is 1.65. The van der Waals surface area contributed by atoms with Crippen molar-refractivity contribution in [3.05, 3.63) is 91.0 Å². The van der Waals surface area contributed by atoms with Crippen LogP contribution in [0.3, 0.4) is 0 Å². The van der Waals surface area contributed by atoms with Gasteiger partial charge < -0.3 is 29.2 Å². The standard InChI is InChI=1S/C28H34O6Si/c1-28(2,3)35(21-15-9-5-10-16-21,22-17-11-6-12-18-22)32-19-23-24(29)25(30)26(31)27(34-23)33-20-13-7-4-8-14-20/h4-18,23-27,29-31H,19H2,1-3H3/t23-,24+,25+,26-,27+/m1/s1. The van der Waals surface area contributed by atoms with E-state index in [4.69, 9.17) is 13.9 Å². The molecule has 4 rings (SSSR count). The monoisotopic (exact) mass is 494 g/mol. The molecule has 5 atom stereocenters. The first-order chi connectivity index (χ1) is 16.7. The molecule has 0 unspecified atom stereocenters. The molecule has 3 aromatic rings. The Labute approximate surface area is 207 Å². The van der Waals surface area contributed by atoms with Gasteiger partial charge in [0.15, 0.2) is 0 Å². The number of rotatable bonds is 7. The highest BCUT2D eigenvalue weighted by Gasteiger charge is 2.52. The third kappa shape index (κ3) is 5.21. The summed E-state index contributed by atoms with van der Waals surface area (Å²) in [5, 5.41) is 33.8. The van der Waals surface area contributed by atoms with Gasteiger partial charge in [0, 0.05) is 0 Å². The van der Waals surface area contributed by atoms with Crippen molar-refractivity contribution >= 4 is 18.7 Å². The largest absolute Gasteiger partial charge is 0.462 e. The fraction of sp³-hybridized carbons (Fsp3) is 0.357. The van der Waals surface area contributed by atoms with Gasteiger partial charge in [-0.25, -0.2) is 0 Å². The highest BCUT2D eigenvalue weighted by atomic mass is 28.4. The first-order valence-electron chi connectivity index (χ1n) is 11.9. The van der Waals surface area contributed by atoms with Crippen molar-refractivity contribution in [3.63, 3.8) is 0 Å². The van der Waals surface area contributed by atoms with Gasteiger partial charge in [-0.2, -0.15) is 0 Å². The van der Waals surface area contributed by atoms with Gasteiger partial charge in [0.2, 0.25) is 6.29 Å². The van der Waals surface area contributed by atoms with E-state index in [2.05, 4.69) is 45.0 Å². The first-order valence-corrected chi connectivity index (χ1v) is 13.8. The second kappa shape index (κ2) is 10.6. The number of aliphatic hydroxyl groups excluding tert-OH is 3. The number of aliphatic hydroxyl groups is 3. The molecule has 0 aromatic heterocycles. The van der Waals surface area contributed by atoms with Crippen LogP contribution in [0.1, 0.15) is 20.8 Å². The molecule has 7 heteroatoms. The lowest BCUT2D eigenvalue weighted by Gasteiger charge is -2.45. The van der Waals surface area contributed by atoms with Crippen LogP contribution in [0.5, 0.6) is 5.75 Å². The summed E-state index contributed by atoms with van der Waals surface area (Å²) in [6, 6.07) is 29.3. The van der Waals surface area contributed by atoms with Crippen LogP contribution in [-0.4, -0.2) is 60.9 Å². The molecule has 1 aliphatic rings. The number of ether oxygens (including phenoxy) is 2. The van der Waals surface area contributed by atoms with E-state index in [0.29, 0.717) is 5.75 Å². The third-order valence-electron chi connectivity index (χ3n) is 6.54.